The van der Waals surface area contributed by atoms with Gasteiger partial charge in [-0.2, -0.15) is 0 Å². The molecule has 0 saturated heterocycles. The van der Waals surface area contributed by atoms with Gasteiger partial charge in [0.05, 0.1) is 7.11 Å². The summed E-state index contributed by atoms with van der Waals surface area (Å²) in [6.45, 7) is 2.14. The topological polar surface area (TPSA) is 81.4 Å². The molecule has 1 heterocycles. The van der Waals surface area contributed by atoms with Crippen molar-refractivity contribution < 1.29 is 13.2 Å². The Morgan fingerprint density at radius 2 is 1.90 bits per heavy atom. The fourth-order valence-corrected chi connectivity index (χ4v) is 4.35. The SMILES string of the molecule is COc1ccc(C(C)NS(=O)(=O)c2ccc(CN)s2)cc1. The van der Waals surface area contributed by atoms with Gasteiger partial charge in [-0.15, -0.1) is 11.3 Å². The van der Waals surface area contributed by atoms with Crippen molar-refractivity contribution in [1.29, 1.82) is 0 Å². The zero-order valence-corrected chi connectivity index (χ0v) is 13.5. The number of rotatable bonds is 6. The molecule has 0 radical (unpaired) electrons. The second-order valence-electron chi connectivity index (χ2n) is 4.54. The lowest BCUT2D eigenvalue weighted by molar-refractivity contribution is 0.414. The van der Waals surface area contributed by atoms with E-state index in [1.807, 2.05) is 12.1 Å². The summed E-state index contributed by atoms with van der Waals surface area (Å²) in [5, 5.41) is 0. The first-order chi connectivity index (χ1) is 9.96. The first kappa shape index (κ1) is 16.0. The maximum atomic E-state index is 12.3. The van der Waals surface area contributed by atoms with E-state index in [1.165, 1.54) is 11.3 Å². The van der Waals surface area contributed by atoms with Gasteiger partial charge in [-0.3, -0.25) is 0 Å². The van der Waals surface area contributed by atoms with Gasteiger partial charge in [-0.25, -0.2) is 13.1 Å². The van der Waals surface area contributed by atoms with Crippen LogP contribution in [0.15, 0.2) is 40.6 Å². The highest BCUT2D eigenvalue weighted by Gasteiger charge is 2.20. The van der Waals surface area contributed by atoms with Crippen molar-refractivity contribution in [2.45, 2.75) is 23.7 Å². The monoisotopic (exact) mass is 326 g/mol. The van der Waals surface area contributed by atoms with Crippen LogP contribution in [0.3, 0.4) is 0 Å². The number of nitrogens with one attached hydrogen (secondary N) is 1. The van der Waals surface area contributed by atoms with Crippen LogP contribution in [0.2, 0.25) is 0 Å². The normalized spacial score (nSPS) is 13.1. The van der Waals surface area contributed by atoms with E-state index in [0.29, 0.717) is 6.54 Å². The average Bonchev–Trinajstić information content (AvgIpc) is 2.96. The first-order valence-corrected chi connectivity index (χ1v) is 8.71. The van der Waals surface area contributed by atoms with Gasteiger partial charge >= 0.3 is 0 Å². The molecule has 0 spiro atoms. The van der Waals surface area contributed by atoms with Gasteiger partial charge < -0.3 is 10.5 Å². The van der Waals surface area contributed by atoms with Crippen molar-refractivity contribution in [3.8, 4) is 5.75 Å². The lowest BCUT2D eigenvalue weighted by Gasteiger charge is -2.14. The number of methoxy groups -OCH3 is 1. The van der Waals surface area contributed by atoms with E-state index in [-0.39, 0.29) is 10.3 Å². The molecular formula is C14H18N2O3S2. The molecule has 21 heavy (non-hydrogen) atoms. The molecule has 1 aromatic carbocycles. The van der Waals surface area contributed by atoms with Gasteiger partial charge in [0.2, 0.25) is 0 Å². The van der Waals surface area contributed by atoms with E-state index in [9.17, 15) is 8.42 Å². The predicted octanol–water partition coefficient (Wildman–Crippen LogP) is 2.25. The lowest BCUT2D eigenvalue weighted by atomic mass is 10.1. The van der Waals surface area contributed by atoms with Crippen LogP contribution in [0.4, 0.5) is 0 Å². The Kier molecular flexibility index (Phi) is 5.00. The van der Waals surface area contributed by atoms with Crippen LogP contribution >= 0.6 is 11.3 Å². The minimum Gasteiger partial charge on any atom is -0.497 e. The van der Waals surface area contributed by atoms with E-state index in [1.54, 1.807) is 38.3 Å². The molecule has 1 atom stereocenters. The number of benzene rings is 1. The number of thiophene rings is 1. The minimum absolute atomic E-state index is 0.281. The molecular weight excluding hydrogens is 308 g/mol. The van der Waals surface area contributed by atoms with E-state index in [2.05, 4.69) is 4.72 Å². The van der Waals surface area contributed by atoms with Crippen LogP contribution in [0.25, 0.3) is 0 Å². The second-order valence-corrected chi connectivity index (χ2v) is 7.65. The highest BCUT2D eigenvalue weighted by atomic mass is 32.2. The van der Waals surface area contributed by atoms with Gasteiger partial charge in [0.25, 0.3) is 10.0 Å². The molecule has 7 heteroatoms. The number of hydrogen-bond donors (Lipinski definition) is 2. The van der Waals surface area contributed by atoms with Crippen LogP contribution in [0.5, 0.6) is 5.75 Å². The summed E-state index contributed by atoms with van der Waals surface area (Å²) < 4.78 is 32.6. The number of sulfonamides is 1. The maximum Gasteiger partial charge on any atom is 0.250 e. The van der Waals surface area contributed by atoms with Gasteiger partial charge in [-0.05, 0) is 36.8 Å². The Hall–Kier alpha value is -1.41. The molecule has 1 unspecified atom stereocenters. The summed E-state index contributed by atoms with van der Waals surface area (Å²) in [5.41, 5.74) is 6.38. The molecule has 0 aliphatic rings. The summed E-state index contributed by atoms with van der Waals surface area (Å²) in [5.74, 6) is 0.736. The third-order valence-corrected chi connectivity index (χ3v) is 6.19. The fraction of sp³-hybridized carbons (Fsp3) is 0.286. The molecule has 2 rings (SSSR count). The van der Waals surface area contributed by atoms with Crippen molar-refractivity contribution in [3.05, 3.63) is 46.8 Å². The van der Waals surface area contributed by atoms with Crippen LogP contribution < -0.4 is 15.2 Å². The maximum absolute atomic E-state index is 12.3. The van der Waals surface area contributed by atoms with E-state index in [4.69, 9.17) is 10.5 Å². The average molecular weight is 326 g/mol. The van der Waals surface area contributed by atoms with Crippen molar-refractivity contribution >= 4 is 21.4 Å². The molecule has 0 bridgehead atoms. The smallest absolute Gasteiger partial charge is 0.250 e. The molecule has 3 N–H and O–H groups in total. The Bertz CT molecular complexity index is 693. The molecule has 0 fully saturated rings. The quantitative estimate of drug-likeness (QED) is 0.853. The van der Waals surface area contributed by atoms with Crippen LogP contribution in [-0.2, 0) is 16.6 Å². The third kappa shape index (κ3) is 3.82. The number of nitrogens with two attached hydrogens (primary N) is 1. The lowest BCUT2D eigenvalue weighted by Crippen LogP contribution is -2.26. The van der Waals surface area contributed by atoms with Gasteiger partial charge in [-0.1, -0.05) is 12.1 Å². The van der Waals surface area contributed by atoms with Crippen LogP contribution in [0.1, 0.15) is 23.4 Å². The molecule has 114 valence electrons. The van der Waals surface area contributed by atoms with E-state index in [0.717, 1.165) is 16.2 Å². The molecule has 0 saturated carbocycles. The van der Waals surface area contributed by atoms with Crippen molar-refractivity contribution in [2.75, 3.05) is 7.11 Å². The fourth-order valence-electron chi connectivity index (χ4n) is 1.86. The van der Waals surface area contributed by atoms with Gasteiger partial charge in [0.1, 0.15) is 9.96 Å². The highest BCUT2D eigenvalue weighted by molar-refractivity contribution is 7.91. The zero-order valence-electron chi connectivity index (χ0n) is 11.9. The standard InChI is InChI=1S/C14H18N2O3S2/c1-10(11-3-5-12(19-2)6-4-11)16-21(17,18)14-8-7-13(9-15)20-14/h3-8,10,16H,9,15H2,1-2H3. The number of hydrogen-bond acceptors (Lipinski definition) is 5. The molecule has 2 aromatic rings. The van der Waals surface area contributed by atoms with Crippen molar-refractivity contribution in [1.82, 2.24) is 4.72 Å². The Morgan fingerprint density at radius 3 is 2.43 bits per heavy atom. The largest absolute Gasteiger partial charge is 0.497 e. The first-order valence-electron chi connectivity index (χ1n) is 6.41. The highest BCUT2D eigenvalue weighted by Crippen LogP contribution is 2.24. The molecule has 0 amide bonds. The predicted molar refractivity (Wildman–Crippen MR) is 83.9 cm³/mol. The van der Waals surface area contributed by atoms with Gasteiger partial charge in [0.15, 0.2) is 0 Å². The van der Waals surface area contributed by atoms with Crippen molar-refractivity contribution in [2.24, 2.45) is 5.73 Å². The molecule has 0 aliphatic heterocycles. The summed E-state index contributed by atoms with van der Waals surface area (Å²) >= 11 is 1.19. The summed E-state index contributed by atoms with van der Waals surface area (Å²) in [6, 6.07) is 10.3. The van der Waals surface area contributed by atoms with E-state index < -0.39 is 10.0 Å². The second kappa shape index (κ2) is 6.57. The molecule has 5 nitrogen and oxygen atoms in total. The summed E-state index contributed by atoms with van der Waals surface area (Å²) in [4.78, 5) is 0.840. The Labute approximate surface area is 128 Å². The Balaban J connectivity index is 2.14. The summed E-state index contributed by atoms with van der Waals surface area (Å²) in [6.07, 6.45) is 0. The van der Waals surface area contributed by atoms with Crippen LogP contribution in [-0.4, -0.2) is 15.5 Å². The molecule has 0 aliphatic carbocycles. The molecule has 1 aromatic heterocycles. The minimum atomic E-state index is -3.53. The van der Waals surface area contributed by atoms with Crippen molar-refractivity contribution in [3.63, 3.8) is 0 Å². The summed E-state index contributed by atoms with van der Waals surface area (Å²) in [7, 11) is -1.94. The van der Waals surface area contributed by atoms with E-state index >= 15 is 0 Å². The third-order valence-electron chi connectivity index (χ3n) is 3.05. The number of ether oxygens (including phenoxy) is 1. The van der Waals surface area contributed by atoms with Gasteiger partial charge in [0, 0.05) is 17.5 Å². The van der Waals surface area contributed by atoms with Crippen LogP contribution in [0, 0.1) is 0 Å². The zero-order chi connectivity index (χ0) is 15.5. The Morgan fingerprint density at radius 1 is 1.24 bits per heavy atom.